The highest BCUT2D eigenvalue weighted by molar-refractivity contribution is 5.32. The lowest BCUT2D eigenvalue weighted by atomic mass is 10.1. The van der Waals surface area contributed by atoms with Crippen LogP contribution in [0.5, 0.6) is 0 Å². The van der Waals surface area contributed by atoms with E-state index in [2.05, 4.69) is 178 Å². The van der Waals surface area contributed by atoms with Crippen LogP contribution in [-0.2, 0) is 0 Å². The van der Waals surface area contributed by atoms with Crippen molar-refractivity contribution in [2.75, 3.05) is 0 Å². The van der Waals surface area contributed by atoms with Gasteiger partial charge in [0.2, 0.25) is 0 Å². The molecule has 0 bridgehead atoms. The third-order valence-electron chi connectivity index (χ3n) is 5.78. The van der Waals surface area contributed by atoms with Gasteiger partial charge in [-0.25, -0.2) is 0 Å². The summed E-state index contributed by atoms with van der Waals surface area (Å²) in [7, 11) is 0. The van der Waals surface area contributed by atoms with Crippen molar-refractivity contribution in [3.05, 3.63) is 154 Å². The van der Waals surface area contributed by atoms with Crippen LogP contribution in [0.25, 0.3) is 0 Å². The first-order valence-corrected chi connectivity index (χ1v) is 14.3. The predicted octanol–water partition coefficient (Wildman–Crippen LogP) is 12.5. The van der Waals surface area contributed by atoms with Gasteiger partial charge in [0, 0.05) is 0 Å². The van der Waals surface area contributed by atoms with Crippen LogP contribution in [-0.4, -0.2) is 0 Å². The summed E-state index contributed by atoms with van der Waals surface area (Å²) in [6, 6.07) is 0. The van der Waals surface area contributed by atoms with Crippen LogP contribution in [0.2, 0.25) is 0 Å². The molecule has 0 atom stereocenters. The molecule has 0 aromatic heterocycles. The van der Waals surface area contributed by atoms with Gasteiger partial charge in [-0.1, -0.05) is 154 Å². The van der Waals surface area contributed by atoms with E-state index in [0.717, 1.165) is 25.7 Å². The fourth-order valence-electron chi connectivity index (χ4n) is 3.30. The molecule has 0 saturated heterocycles. The Morgan fingerprint density at radius 3 is 1.18 bits per heavy atom. The molecule has 210 valence electrons. The van der Waals surface area contributed by atoms with Gasteiger partial charge >= 0.3 is 0 Å². The van der Waals surface area contributed by atoms with Crippen LogP contribution in [0, 0.1) is 0 Å². The highest BCUT2D eigenvalue weighted by atomic mass is 13.9. The molecule has 0 spiro atoms. The Hall–Kier alpha value is -3.38. The monoisotopic (exact) mass is 522 g/mol. The van der Waals surface area contributed by atoms with Crippen molar-refractivity contribution in [2.24, 2.45) is 0 Å². The predicted molar refractivity (Wildman–Crippen MR) is 181 cm³/mol. The lowest BCUT2D eigenvalue weighted by Gasteiger charge is -1.96. The Bertz CT molecular complexity index is 1100. The topological polar surface area (TPSA) is 0 Å². The molecule has 0 aromatic rings. The van der Waals surface area contributed by atoms with E-state index in [1.807, 2.05) is 0 Å². The summed E-state index contributed by atoms with van der Waals surface area (Å²) in [6.07, 6.45) is 45.3. The Labute approximate surface area is 242 Å². The van der Waals surface area contributed by atoms with Gasteiger partial charge in [-0.2, -0.15) is 0 Å². The maximum absolute atomic E-state index is 2.30. The number of rotatable bonds is 16. The Balaban J connectivity index is 4.69. The third kappa shape index (κ3) is 24.7. The van der Waals surface area contributed by atoms with Crippen molar-refractivity contribution in [3.63, 3.8) is 0 Å². The van der Waals surface area contributed by atoms with Crippen molar-refractivity contribution < 1.29 is 0 Å². The molecule has 0 nitrogen and oxygen atoms in total. The van der Waals surface area contributed by atoms with E-state index < -0.39 is 0 Å². The van der Waals surface area contributed by atoms with E-state index in [1.54, 1.807) is 0 Å². The highest BCUT2D eigenvalue weighted by Crippen LogP contribution is 2.08. The van der Waals surface area contributed by atoms with Crippen molar-refractivity contribution in [1.29, 1.82) is 0 Å². The minimum atomic E-state index is 1.11. The third-order valence-corrected chi connectivity index (χ3v) is 5.78. The van der Waals surface area contributed by atoms with Gasteiger partial charge in [0.25, 0.3) is 0 Å². The molecule has 39 heavy (non-hydrogen) atoms. The van der Waals surface area contributed by atoms with E-state index in [4.69, 9.17) is 0 Å². The lowest BCUT2D eigenvalue weighted by molar-refractivity contribution is 0.967. The van der Waals surface area contributed by atoms with Gasteiger partial charge < -0.3 is 0 Å². The van der Waals surface area contributed by atoms with E-state index in [-0.39, 0.29) is 0 Å². The number of hydrogen-bond donors (Lipinski definition) is 0. The van der Waals surface area contributed by atoms with Crippen molar-refractivity contribution in [2.45, 2.75) is 88.0 Å². The molecule has 0 heteroatoms. The Morgan fingerprint density at radius 2 is 0.795 bits per heavy atom. The molecule has 0 fully saturated rings. The molecule has 0 saturated carbocycles. The van der Waals surface area contributed by atoms with Crippen LogP contribution < -0.4 is 0 Å². The molecule has 0 rings (SSSR count). The first-order valence-electron chi connectivity index (χ1n) is 14.3. The summed E-state index contributed by atoms with van der Waals surface area (Å²) in [6.45, 7) is 19.3. The van der Waals surface area contributed by atoms with Gasteiger partial charge in [-0.15, -0.1) is 0 Å². The summed E-state index contributed by atoms with van der Waals surface area (Å²) in [5.74, 6) is 0. The summed E-state index contributed by atoms with van der Waals surface area (Å²) < 4.78 is 0. The molecule has 0 N–H and O–H groups in total. The quantitative estimate of drug-likeness (QED) is 0.140. The average Bonchev–Trinajstić information content (AvgIpc) is 2.86. The molecule has 0 aliphatic carbocycles. The summed E-state index contributed by atoms with van der Waals surface area (Å²) in [5.41, 5.74) is 9.10. The molecule has 0 unspecified atom stereocenters. The number of allylic oxidation sites excluding steroid dienone is 26. The summed E-state index contributed by atoms with van der Waals surface area (Å²) >= 11 is 0. The second kappa shape index (κ2) is 23.7. The molecular formula is C39H54. The molecular weight excluding hydrogens is 468 g/mol. The van der Waals surface area contributed by atoms with E-state index in [0.29, 0.717) is 0 Å². The van der Waals surface area contributed by atoms with Gasteiger partial charge in [-0.05, 0) is 88.0 Å². The van der Waals surface area contributed by atoms with Crippen LogP contribution in [0.15, 0.2) is 154 Å². The van der Waals surface area contributed by atoms with Gasteiger partial charge in [0.05, 0.1) is 0 Å². The first kappa shape index (κ1) is 35.6. The smallest absolute Gasteiger partial charge is 0.0285 e. The zero-order valence-corrected chi connectivity index (χ0v) is 26.3. The molecule has 0 amide bonds. The summed E-state index contributed by atoms with van der Waals surface area (Å²) in [4.78, 5) is 0. The fraction of sp³-hybridized carbons (Fsp3) is 0.333. The summed E-state index contributed by atoms with van der Waals surface area (Å²) in [5, 5.41) is 0. The van der Waals surface area contributed by atoms with Crippen LogP contribution in [0.1, 0.15) is 88.0 Å². The molecule has 0 aromatic carbocycles. The van der Waals surface area contributed by atoms with Gasteiger partial charge in [0.1, 0.15) is 0 Å². The van der Waals surface area contributed by atoms with E-state index in [9.17, 15) is 0 Å². The van der Waals surface area contributed by atoms with Crippen molar-refractivity contribution in [1.82, 2.24) is 0 Å². The zero-order valence-electron chi connectivity index (χ0n) is 26.3. The van der Waals surface area contributed by atoms with Crippen molar-refractivity contribution in [3.8, 4) is 0 Å². The van der Waals surface area contributed by atoms with Crippen LogP contribution in [0.4, 0.5) is 0 Å². The Kier molecular flexibility index (Phi) is 21.7. The minimum absolute atomic E-state index is 1.11. The largest absolute Gasteiger partial charge is 0.0917 e. The normalized spacial score (nSPS) is 15.5. The minimum Gasteiger partial charge on any atom is -0.0917 e. The Morgan fingerprint density at radius 1 is 0.436 bits per heavy atom. The molecule has 0 aliphatic rings. The SMILES string of the molecule is CC=CCCC(C)=CC=CC(C)=CC=CC(C)=CC=CC=C(C)C=CC=C(C)C=CC=C(C)CCC=C(C)C. The van der Waals surface area contributed by atoms with Crippen LogP contribution in [0.3, 0.4) is 0 Å². The van der Waals surface area contributed by atoms with Crippen molar-refractivity contribution >= 4 is 0 Å². The number of hydrogen-bond acceptors (Lipinski definition) is 0. The fourth-order valence-corrected chi connectivity index (χ4v) is 3.30. The van der Waals surface area contributed by atoms with Gasteiger partial charge in [-0.3, -0.25) is 0 Å². The van der Waals surface area contributed by atoms with E-state index >= 15 is 0 Å². The first-order chi connectivity index (χ1) is 18.6. The molecule has 0 aliphatic heterocycles. The van der Waals surface area contributed by atoms with Gasteiger partial charge in [0.15, 0.2) is 0 Å². The molecule has 0 heterocycles. The van der Waals surface area contributed by atoms with E-state index in [1.165, 1.54) is 39.0 Å². The second-order valence-corrected chi connectivity index (χ2v) is 10.4. The zero-order chi connectivity index (χ0) is 29.3. The average molecular weight is 523 g/mol. The maximum Gasteiger partial charge on any atom is -0.0285 e. The maximum atomic E-state index is 2.30. The van der Waals surface area contributed by atoms with Crippen LogP contribution >= 0.6 is 0 Å². The second-order valence-electron chi connectivity index (χ2n) is 10.4. The molecule has 0 radical (unpaired) electrons. The standard InChI is InChI=1S/C39H54/c1-10-11-12-21-34(4)25-16-29-38(8)30-17-26-35(5)22-13-14-23-36(6)27-18-31-39(9)32-19-28-37(7)24-15-20-33(2)3/h10-11,13-14,16-20,22-23,25-32H,12,15,21,24H2,1-9H3. The lowest BCUT2D eigenvalue weighted by Crippen LogP contribution is -1.76. The highest BCUT2D eigenvalue weighted by Gasteiger charge is 1.88.